The van der Waals surface area contributed by atoms with E-state index in [1.54, 1.807) is 12.1 Å². The fraction of sp³-hybridized carbons (Fsp3) is 0.417. The Morgan fingerprint density at radius 3 is 3.00 bits per heavy atom. The summed E-state index contributed by atoms with van der Waals surface area (Å²) in [5, 5.41) is 8.90. The molecule has 0 saturated heterocycles. The van der Waals surface area contributed by atoms with Gasteiger partial charge in [-0.1, -0.05) is 6.07 Å². The number of carboxylic acids is 1. The summed E-state index contributed by atoms with van der Waals surface area (Å²) < 4.78 is 12.1. The molecule has 1 aliphatic rings. The summed E-state index contributed by atoms with van der Waals surface area (Å²) in [7, 11) is 0. The van der Waals surface area contributed by atoms with Crippen LogP contribution < -0.4 is 4.90 Å². The quantitative estimate of drug-likeness (QED) is 0.849. The number of nitrogens with zero attached hydrogens (tertiary/aromatic N) is 1. The molecule has 1 N–H and O–H groups in total. The number of rotatable bonds is 4. The molecule has 1 aliphatic heterocycles. The molecule has 0 spiro atoms. The third-order valence-corrected chi connectivity index (χ3v) is 2.89. The van der Waals surface area contributed by atoms with E-state index in [2.05, 4.69) is 4.90 Å². The molecule has 0 atom stereocenters. The molecule has 1 aromatic rings. The van der Waals surface area contributed by atoms with Crippen LogP contribution in [0.4, 0.5) is 10.1 Å². The summed E-state index contributed by atoms with van der Waals surface area (Å²) in [6.45, 7) is 1.19. The molecule has 4 heteroatoms. The van der Waals surface area contributed by atoms with E-state index in [1.807, 2.05) is 6.07 Å². The van der Waals surface area contributed by atoms with E-state index < -0.39 is 5.97 Å². The standard InChI is InChI=1S/C12H14FNO2/c13-5-1-6-14-7-4-9-2-3-10(12(15)16)8-11(9)14/h2-3,8H,1,4-7H2,(H,15,16). The van der Waals surface area contributed by atoms with Crippen molar-refractivity contribution in [2.45, 2.75) is 12.8 Å². The topological polar surface area (TPSA) is 40.5 Å². The number of carbonyl (C=O) groups is 1. The van der Waals surface area contributed by atoms with Gasteiger partial charge in [-0.15, -0.1) is 0 Å². The van der Waals surface area contributed by atoms with Crippen molar-refractivity contribution in [3.05, 3.63) is 29.3 Å². The monoisotopic (exact) mass is 223 g/mol. The highest BCUT2D eigenvalue weighted by Crippen LogP contribution is 2.29. The van der Waals surface area contributed by atoms with E-state index in [1.165, 1.54) is 0 Å². The van der Waals surface area contributed by atoms with Crippen molar-refractivity contribution in [1.82, 2.24) is 0 Å². The van der Waals surface area contributed by atoms with Gasteiger partial charge in [-0.25, -0.2) is 4.79 Å². The van der Waals surface area contributed by atoms with Crippen LogP contribution in [0.3, 0.4) is 0 Å². The van der Waals surface area contributed by atoms with Crippen LogP contribution in [0.15, 0.2) is 18.2 Å². The van der Waals surface area contributed by atoms with Crippen molar-refractivity contribution in [2.24, 2.45) is 0 Å². The van der Waals surface area contributed by atoms with Gasteiger partial charge in [0.05, 0.1) is 12.2 Å². The lowest BCUT2D eigenvalue weighted by Crippen LogP contribution is -2.22. The molecular formula is C12H14FNO2. The average molecular weight is 223 g/mol. The summed E-state index contributed by atoms with van der Waals surface area (Å²) in [5.74, 6) is -0.917. The molecule has 0 radical (unpaired) electrons. The van der Waals surface area contributed by atoms with Gasteiger partial charge >= 0.3 is 5.97 Å². The molecule has 0 fully saturated rings. The fourth-order valence-electron chi connectivity index (χ4n) is 2.06. The number of fused-ring (bicyclic) bond motifs is 1. The first-order chi connectivity index (χ1) is 7.72. The minimum atomic E-state index is -0.917. The Hall–Kier alpha value is -1.58. The average Bonchev–Trinajstić information content (AvgIpc) is 2.68. The number of benzene rings is 1. The normalized spacial score (nSPS) is 13.9. The lowest BCUT2D eigenvalue weighted by atomic mass is 10.1. The second kappa shape index (κ2) is 4.51. The number of hydrogen-bond donors (Lipinski definition) is 1. The van der Waals surface area contributed by atoms with Crippen molar-refractivity contribution in [3.63, 3.8) is 0 Å². The predicted molar refractivity (Wildman–Crippen MR) is 59.9 cm³/mol. The van der Waals surface area contributed by atoms with E-state index in [-0.39, 0.29) is 6.67 Å². The second-order valence-corrected chi connectivity index (χ2v) is 3.93. The number of hydrogen-bond acceptors (Lipinski definition) is 2. The summed E-state index contributed by atoms with van der Waals surface area (Å²) in [4.78, 5) is 12.9. The van der Waals surface area contributed by atoms with Gasteiger partial charge in [0.15, 0.2) is 0 Å². The molecule has 1 heterocycles. The minimum Gasteiger partial charge on any atom is -0.478 e. The Morgan fingerprint density at radius 2 is 2.31 bits per heavy atom. The Labute approximate surface area is 93.5 Å². The minimum absolute atomic E-state index is 0.297. The first-order valence-corrected chi connectivity index (χ1v) is 5.39. The molecule has 0 aromatic heterocycles. The maximum atomic E-state index is 12.1. The Kier molecular flexibility index (Phi) is 3.08. The Morgan fingerprint density at radius 1 is 1.50 bits per heavy atom. The maximum absolute atomic E-state index is 12.1. The summed E-state index contributed by atoms with van der Waals surface area (Å²) in [5.41, 5.74) is 2.41. The predicted octanol–water partition coefficient (Wildman–Crippen LogP) is 2.11. The Balaban J connectivity index is 2.22. The first-order valence-electron chi connectivity index (χ1n) is 5.39. The van der Waals surface area contributed by atoms with Crippen LogP contribution in [0.1, 0.15) is 22.3 Å². The van der Waals surface area contributed by atoms with Crippen LogP contribution in [0.2, 0.25) is 0 Å². The van der Waals surface area contributed by atoms with Crippen LogP contribution in [0, 0.1) is 0 Å². The summed E-state index contributed by atoms with van der Waals surface area (Å²) in [6, 6.07) is 5.16. The van der Waals surface area contributed by atoms with Crippen LogP contribution in [0.25, 0.3) is 0 Å². The van der Waals surface area contributed by atoms with Gasteiger partial charge in [0.1, 0.15) is 0 Å². The third kappa shape index (κ3) is 2.01. The largest absolute Gasteiger partial charge is 0.478 e. The lowest BCUT2D eigenvalue weighted by Gasteiger charge is -2.18. The first kappa shape index (κ1) is 10.9. The molecule has 2 rings (SSSR count). The molecule has 0 unspecified atom stereocenters. The number of carboxylic acid groups (broad SMARTS) is 1. The summed E-state index contributed by atoms with van der Waals surface area (Å²) in [6.07, 6.45) is 1.41. The van der Waals surface area contributed by atoms with Gasteiger partial charge in [-0.2, -0.15) is 0 Å². The lowest BCUT2D eigenvalue weighted by molar-refractivity contribution is 0.0697. The van der Waals surface area contributed by atoms with Crippen molar-refractivity contribution in [2.75, 3.05) is 24.7 Å². The van der Waals surface area contributed by atoms with E-state index in [0.717, 1.165) is 24.2 Å². The van der Waals surface area contributed by atoms with Gasteiger partial charge in [-0.3, -0.25) is 4.39 Å². The molecular weight excluding hydrogens is 209 g/mol. The fourth-order valence-corrected chi connectivity index (χ4v) is 2.06. The van der Waals surface area contributed by atoms with E-state index in [4.69, 9.17) is 5.11 Å². The van der Waals surface area contributed by atoms with Crippen molar-refractivity contribution in [3.8, 4) is 0 Å². The SMILES string of the molecule is O=C(O)c1ccc2c(c1)N(CCCF)CC2. The number of alkyl halides is 1. The zero-order valence-corrected chi connectivity index (χ0v) is 8.95. The number of halogens is 1. The molecule has 16 heavy (non-hydrogen) atoms. The molecule has 0 amide bonds. The highest BCUT2D eigenvalue weighted by Gasteiger charge is 2.19. The Bertz CT molecular complexity index is 406. The molecule has 3 nitrogen and oxygen atoms in total. The van der Waals surface area contributed by atoms with Crippen LogP contribution in [0.5, 0.6) is 0 Å². The smallest absolute Gasteiger partial charge is 0.335 e. The van der Waals surface area contributed by atoms with Crippen molar-refractivity contribution in [1.29, 1.82) is 0 Å². The van der Waals surface area contributed by atoms with Crippen LogP contribution in [-0.4, -0.2) is 30.8 Å². The second-order valence-electron chi connectivity index (χ2n) is 3.93. The van der Waals surface area contributed by atoms with Crippen LogP contribution >= 0.6 is 0 Å². The van der Waals surface area contributed by atoms with Crippen molar-refractivity contribution >= 4 is 11.7 Å². The van der Waals surface area contributed by atoms with Gasteiger partial charge in [0, 0.05) is 18.8 Å². The van der Waals surface area contributed by atoms with Crippen molar-refractivity contribution < 1.29 is 14.3 Å². The molecule has 0 bridgehead atoms. The molecule has 0 aliphatic carbocycles. The van der Waals surface area contributed by atoms with Gasteiger partial charge < -0.3 is 10.0 Å². The summed E-state index contributed by atoms with van der Waals surface area (Å²) >= 11 is 0. The number of anilines is 1. The van der Waals surface area contributed by atoms with E-state index >= 15 is 0 Å². The van der Waals surface area contributed by atoms with Gasteiger partial charge in [0.2, 0.25) is 0 Å². The molecule has 86 valence electrons. The molecule has 1 aromatic carbocycles. The van der Waals surface area contributed by atoms with Gasteiger partial charge in [0.25, 0.3) is 0 Å². The maximum Gasteiger partial charge on any atom is 0.335 e. The van der Waals surface area contributed by atoms with Crippen LogP contribution in [-0.2, 0) is 6.42 Å². The van der Waals surface area contributed by atoms with Gasteiger partial charge in [-0.05, 0) is 30.5 Å². The zero-order chi connectivity index (χ0) is 11.5. The highest BCUT2D eigenvalue weighted by molar-refractivity contribution is 5.89. The van der Waals surface area contributed by atoms with E-state index in [0.29, 0.717) is 18.5 Å². The highest BCUT2D eigenvalue weighted by atomic mass is 19.1. The number of aromatic carboxylic acids is 1. The van der Waals surface area contributed by atoms with E-state index in [9.17, 15) is 9.18 Å². The molecule has 0 saturated carbocycles. The zero-order valence-electron chi connectivity index (χ0n) is 8.95. The third-order valence-electron chi connectivity index (χ3n) is 2.89.